The van der Waals surface area contributed by atoms with Gasteiger partial charge in [0, 0.05) is 12.3 Å². The predicted octanol–water partition coefficient (Wildman–Crippen LogP) is 3.04. The molecule has 0 aromatic rings. The fourth-order valence-electron chi connectivity index (χ4n) is 1.73. The van der Waals surface area contributed by atoms with Gasteiger partial charge in [-0.05, 0) is 30.1 Å². The largest absolute Gasteiger partial charge is 0.310 e. The third-order valence-electron chi connectivity index (χ3n) is 3.65. The van der Waals surface area contributed by atoms with Gasteiger partial charge in [0.25, 0.3) is 0 Å². The van der Waals surface area contributed by atoms with Crippen molar-refractivity contribution in [1.82, 2.24) is 5.43 Å². The van der Waals surface area contributed by atoms with Crippen molar-refractivity contribution in [2.24, 2.45) is 22.4 Å². The molecular weight excluding hydrogens is 172 g/mol. The molecule has 0 aliphatic carbocycles. The van der Waals surface area contributed by atoms with Gasteiger partial charge in [0.2, 0.25) is 0 Å². The molecule has 0 bridgehead atoms. The Balaban J connectivity index is 2.69. The van der Waals surface area contributed by atoms with Gasteiger partial charge in [0.1, 0.15) is 0 Å². The lowest BCUT2D eigenvalue weighted by Crippen LogP contribution is -2.33. The van der Waals surface area contributed by atoms with Crippen LogP contribution in [0.3, 0.4) is 0 Å². The van der Waals surface area contributed by atoms with Gasteiger partial charge in [-0.3, -0.25) is 0 Å². The van der Waals surface area contributed by atoms with Crippen molar-refractivity contribution >= 4 is 5.71 Å². The smallest absolute Gasteiger partial charge is 0.0403 e. The first-order valence-electron chi connectivity index (χ1n) is 5.73. The zero-order chi connectivity index (χ0) is 10.8. The topological polar surface area (TPSA) is 24.4 Å². The fourth-order valence-corrected chi connectivity index (χ4v) is 1.73. The van der Waals surface area contributed by atoms with Crippen LogP contribution in [0, 0.1) is 17.3 Å². The molecule has 2 heteroatoms. The molecule has 1 aliphatic rings. The Hall–Kier alpha value is -0.530. The summed E-state index contributed by atoms with van der Waals surface area (Å²) in [6, 6.07) is 0. The normalized spacial score (nSPS) is 31.3. The summed E-state index contributed by atoms with van der Waals surface area (Å²) in [5.41, 5.74) is 4.97. The summed E-state index contributed by atoms with van der Waals surface area (Å²) >= 11 is 0. The highest BCUT2D eigenvalue weighted by Crippen LogP contribution is 2.33. The summed E-state index contributed by atoms with van der Waals surface area (Å²) in [5.74, 6) is 1.27. The van der Waals surface area contributed by atoms with Crippen molar-refractivity contribution in [3.05, 3.63) is 0 Å². The van der Waals surface area contributed by atoms with E-state index in [1.807, 2.05) is 0 Å². The van der Waals surface area contributed by atoms with E-state index in [-0.39, 0.29) is 0 Å². The maximum absolute atomic E-state index is 4.47. The molecule has 0 radical (unpaired) electrons. The van der Waals surface area contributed by atoms with E-state index in [0.29, 0.717) is 17.3 Å². The summed E-state index contributed by atoms with van der Waals surface area (Å²) in [4.78, 5) is 0. The molecule has 0 fully saturated rings. The number of hydrazone groups is 1. The molecule has 0 aromatic heterocycles. The van der Waals surface area contributed by atoms with E-state index in [9.17, 15) is 0 Å². The highest BCUT2D eigenvalue weighted by Gasteiger charge is 2.27. The van der Waals surface area contributed by atoms with Gasteiger partial charge < -0.3 is 5.43 Å². The average Bonchev–Trinajstić information content (AvgIpc) is 2.07. The average molecular weight is 196 g/mol. The molecule has 14 heavy (non-hydrogen) atoms. The SMILES string of the molecule is CC(C)/C1=N/NCC(C)C(C)(C)CC1. The van der Waals surface area contributed by atoms with Crippen molar-refractivity contribution in [3.63, 3.8) is 0 Å². The second-order valence-corrected chi connectivity index (χ2v) is 5.51. The minimum Gasteiger partial charge on any atom is -0.310 e. The van der Waals surface area contributed by atoms with E-state index in [1.165, 1.54) is 12.1 Å². The van der Waals surface area contributed by atoms with Crippen LogP contribution >= 0.6 is 0 Å². The molecule has 1 rings (SSSR count). The summed E-state index contributed by atoms with van der Waals surface area (Å²) in [6.07, 6.45) is 2.40. The van der Waals surface area contributed by atoms with E-state index in [1.54, 1.807) is 0 Å². The molecule has 2 nitrogen and oxygen atoms in total. The Morgan fingerprint density at radius 1 is 1.43 bits per heavy atom. The molecule has 0 saturated heterocycles. The van der Waals surface area contributed by atoms with Crippen molar-refractivity contribution in [3.8, 4) is 0 Å². The van der Waals surface area contributed by atoms with Crippen LogP contribution in [-0.2, 0) is 0 Å². The van der Waals surface area contributed by atoms with E-state index < -0.39 is 0 Å². The van der Waals surface area contributed by atoms with Crippen LogP contribution in [0.15, 0.2) is 5.10 Å². The molecule has 82 valence electrons. The monoisotopic (exact) mass is 196 g/mol. The van der Waals surface area contributed by atoms with Crippen LogP contribution in [0.1, 0.15) is 47.5 Å². The van der Waals surface area contributed by atoms with Crippen LogP contribution < -0.4 is 5.43 Å². The molecule has 0 aromatic carbocycles. The molecular formula is C12H24N2. The standard InChI is InChI=1S/C12H24N2/c1-9(2)11-6-7-12(4,5)10(3)8-13-14-11/h9-10,13H,6-8H2,1-5H3/b14-11+. The maximum atomic E-state index is 4.47. The summed E-state index contributed by atoms with van der Waals surface area (Å²) < 4.78 is 0. The summed E-state index contributed by atoms with van der Waals surface area (Å²) in [7, 11) is 0. The first-order chi connectivity index (χ1) is 6.43. The molecule has 0 saturated carbocycles. The van der Waals surface area contributed by atoms with Crippen LogP contribution in [0.5, 0.6) is 0 Å². The molecule has 0 spiro atoms. The summed E-state index contributed by atoms with van der Waals surface area (Å²) in [5, 5.41) is 4.47. The lowest BCUT2D eigenvalue weighted by molar-refractivity contribution is 0.205. The maximum Gasteiger partial charge on any atom is 0.0403 e. The molecule has 1 aliphatic heterocycles. The van der Waals surface area contributed by atoms with Gasteiger partial charge in [0.15, 0.2) is 0 Å². The first kappa shape index (κ1) is 11.5. The quantitative estimate of drug-likeness (QED) is 0.685. The fraction of sp³-hybridized carbons (Fsp3) is 0.917. The Morgan fingerprint density at radius 2 is 2.07 bits per heavy atom. The highest BCUT2D eigenvalue weighted by atomic mass is 15.3. The molecule has 1 N–H and O–H groups in total. The van der Waals surface area contributed by atoms with E-state index in [2.05, 4.69) is 45.1 Å². The number of rotatable bonds is 1. The molecule has 1 unspecified atom stereocenters. The number of hydrogen-bond donors (Lipinski definition) is 1. The second kappa shape index (κ2) is 4.33. The van der Waals surface area contributed by atoms with Crippen molar-refractivity contribution in [2.75, 3.05) is 6.54 Å². The molecule has 1 atom stereocenters. The lowest BCUT2D eigenvalue weighted by atomic mass is 9.75. The molecule has 1 heterocycles. The minimum atomic E-state index is 0.434. The van der Waals surface area contributed by atoms with Crippen molar-refractivity contribution in [2.45, 2.75) is 47.5 Å². The van der Waals surface area contributed by atoms with Crippen LogP contribution in [0.2, 0.25) is 0 Å². The number of nitrogens with zero attached hydrogens (tertiary/aromatic N) is 1. The third-order valence-corrected chi connectivity index (χ3v) is 3.65. The Labute approximate surface area is 88.2 Å². The lowest BCUT2D eigenvalue weighted by Gasteiger charge is -2.34. The second-order valence-electron chi connectivity index (χ2n) is 5.51. The van der Waals surface area contributed by atoms with Crippen molar-refractivity contribution < 1.29 is 0 Å². The highest BCUT2D eigenvalue weighted by molar-refractivity contribution is 5.86. The van der Waals surface area contributed by atoms with Crippen LogP contribution in [-0.4, -0.2) is 12.3 Å². The summed E-state index contributed by atoms with van der Waals surface area (Å²) in [6.45, 7) is 12.5. The van der Waals surface area contributed by atoms with E-state index in [4.69, 9.17) is 0 Å². The zero-order valence-corrected chi connectivity index (χ0v) is 10.2. The predicted molar refractivity (Wildman–Crippen MR) is 62.5 cm³/mol. The van der Waals surface area contributed by atoms with Crippen LogP contribution in [0.25, 0.3) is 0 Å². The van der Waals surface area contributed by atoms with Gasteiger partial charge in [-0.25, -0.2) is 0 Å². The van der Waals surface area contributed by atoms with Gasteiger partial charge in [-0.1, -0.05) is 34.6 Å². The zero-order valence-electron chi connectivity index (χ0n) is 10.2. The number of hydrogen-bond acceptors (Lipinski definition) is 2. The first-order valence-corrected chi connectivity index (χ1v) is 5.73. The Morgan fingerprint density at radius 3 is 2.64 bits per heavy atom. The van der Waals surface area contributed by atoms with Gasteiger partial charge in [-0.2, -0.15) is 5.10 Å². The van der Waals surface area contributed by atoms with Crippen LogP contribution in [0.4, 0.5) is 0 Å². The minimum absolute atomic E-state index is 0.434. The van der Waals surface area contributed by atoms with E-state index >= 15 is 0 Å². The third kappa shape index (κ3) is 2.73. The molecule has 0 amide bonds. The van der Waals surface area contributed by atoms with Gasteiger partial charge >= 0.3 is 0 Å². The van der Waals surface area contributed by atoms with Crippen molar-refractivity contribution in [1.29, 1.82) is 0 Å². The van der Waals surface area contributed by atoms with Gasteiger partial charge in [0.05, 0.1) is 0 Å². The number of nitrogens with one attached hydrogen (secondary N) is 1. The Kier molecular flexibility index (Phi) is 3.57. The Bertz CT molecular complexity index is 216. The van der Waals surface area contributed by atoms with E-state index in [0.717, 1.165) is 13.0 Å². The van der Waals surface area contributed by atoms with Gasteiger partial charge in [-0.15, -0.1) is 0 Å².